The second-order valence-electron chi connectivity index (χ2n) is 4.73. The molecule has 3 N–H and O–H groups in total. The third kappa shape index (κ3) is 3.70. The van der Waals surface area contributed by atoms with Crippen LogP contribution in [0, 0.1) is 9.39 Å². The number of rotatable bonds is 3. The van der Waals surface area contributed by atoms with Crippen LogP contribution in [-0.4, -0.2) is 49.3 Å². The molecule has 0 atom stereocenters. The molecule has 1 aromatic carbocycles. The minimum Gasteiger partial charge on any atom is -0.397 e. The number of nitrogen functional groups attached to an aromatic ring is 1. The molecular weight excluding hydrogens is 360 g/mol. The highest BCUT2D eigenvalue weighted by Crippen LogP contribution is 2.28. The molecule has 0 radical (unpaired) electrons. The number of halogens is 2. The van der Waals surface area contributed by atoms with Crippen LogP contribution in [0.5, 0.6) is 0 Å². The van der Waals surface area contributed by atoms with Crippen LogP contribution in [0.4, 0.5) is 15.8 Å². The Labute approximate surface area is 126 Å². The van der Waals surface area contributed by atoms with Crippen LogP contribution in [0.1, 0.15) is 6.42 Å². The molecule has 0 unspecified atom stereocenters. The third-order valence-electron chi connectivity index (χ3n) is 3.42. The molecule has 6 heteroatoms. The summed E-state index contributed by atoms with van der Waals surface area (Å²) in [6.07, 6.45) is 0.993. The summed E-state index contributed by atoms with van der Waals surface area (Å²) in [5.74, 6) is -0.221. The zero-order chi connectivity index (χ0) is 13.8. The summed E-state index contributed by atoms with van der Waals surface area (Å²) in [4.78, 5) is 4.35. The van der Waals surface area contributed by atoms with E-state index in [2.05, 4.69) is 9.80 Å². The van der Waals surface area contributed by atoms with E-state index in [1.165, 1.54) is 6.07 Å². The first kappa shape index (κ1) is 14.8. The number of benzene rings is 1. The number of nitrogens with two attached hydrogens (primary N) is 1. The lowest BCUT2D eigenvalue weighted by Crippen LogP contribution is -2.32. The number of anilines is 2. The molecule has 0 spiro atoms. The zero-order valence-corrected chi connectivity index (χ0v) is 12.9. The molecule has 1 aromatic rings. The minimum absolute atomic E-state index is 0.181. The second kappa shape index (κ2) is 6.71. The van der Waals surface area contributed by atoms with Crippen molar-refractivity contribution in [1.82, 2.24) is 4.90 Å². The van der Waals surface area contributed by atoms with Gasteiger partial charge in [-0.1, -0.05) is 0 Å². The molecule has 1 saturated heterocycles. The van der Waals surface area contributed by atoms with Gasteiger partial charge in [0, 0.05) is 32.2 Å². The average molecular weight is 379 g/mol. The van der Waals surface area contributed by atoms with Crippen molar-refractivity contribution >= 4 is 34.0 Å². The summed E-state index contributed by atoms with van der Waals surface area (Å²) >= 11 is 1.95. The van der Waals surface area contributed by atoms with Gasteiger partial charge in [0.05, 0.1) is 21.6 Å². The van der Waals surface area contributed by atoms with E-state index in [4.69, 9.17) is 10.8 Å². The summed E-state index contributed by atoms with van der Waals surface area (Å²) in [5.41, 5.74) is 7.41. The maximum absolute atomic E-state index is 13.7. The lowest BCUT2D eigenvalue weighted by atomic mass is 10.2. The summed E-state index contributed by atoms with van der Waals surface area (Å²) in [6, 6.07) is 3.21. The SMILES string of the molecule is Nc1cc(I)c(F)cc1N1CCCN(CCO)CC1. The molecule has 0 amide bonds. The van der Waals surface area contributed by atoms with Crippen LogP contribution < -0.4 is 10.6 Å². The molecule has 0 saturated carbocycles. The first-order valence-electron chi connectivity index (χ1n) is 6.44. The molecule has 19 heavy (non-hydrogen) atoms. The van der Waals surface area contributed by atoms with Gasteiger partial charge in [-0.05, 0) is 41.6 Å². The van der Waals surface area contributed by atoms with E-state index < -0.39 is 0 Å². The number of aliphatic hydroxyl groups is 1. The normalized spacial score (nSPS) is 17.5. The minimum atomic E-state index is -0.221. The topological polar surface area (TPSA) is 52.7 Å². The Bertz CT molecular complexity index is 444. The van der Waals surface area contributed by atoms with Crippen LogP contribution in [0.3, 0.4) is 0 Å². The van der Waals surface area contributed by atoms with Gasteiger partial charge in [-0.2, -0.15) is 0 Å². The van der Waals surface area contributed by atoms with Crippen molar-refractivity contribution < 1.29 is 9.50 Å². The van der Waals surface area contributed by atoms with Gasteiger partial charge < -0.3 is 15.7 Å². The van der Waals surface area contributed by atoms with Crippen molar-refractivity contribution in [3.05, 3.63) is 21.5 Å². The average Bonchev–Trinajstić information content (AvgIpc) is 2.60. The maximum atomic E-state index is 13.7. The number of nitrogens with zero attached hydrogens (tertiary/aromatic N) is 2. The standard InChI is InChI=1S/C13H19FIN3O/c14-10-8-13(12(16)9-11(10)15)18-3-1-2-17(4-5-18)6-7-19/h8-9,19H,1-7,16H2. The smallest absolute Gasteiger partial charge is 0.138 e. The second-order valence-corrected chi connectivity index (χ2v) is 5.89. The van der Waals surface area contributed by atoms with Crippen LogP contribution in [0.15, 0.2) is 12.1 Å². The molecule has 1 aliphatic heterocycles. The predicted octanol–water partition coefficient (Wildman–Crippen LogP) is 1.52. The molecule has 4 nitrogen and oxygen atoms in total. The van der Waals surface area contributed by atoms with Gasteiger partial charge in [-0.15, -0.1) is 0 Å². The highest BCUT2D eigenvalue weighted by molar-refractivity contribution is 14.1. The van der Waals surface area contributed by atoms with Gasteiger partial charge in [0.2, 0.25) is 0 Å². The predicted molar refractivity (Wildman–Crippen MR) is 83.9 cm³/mol. The Morgan fingerprint density at radius 2 is 2.05 bits per heavy atom. The molecule has 0 aliphatic carbocycles. The number of β-amino-alcohol motifs (C(OH)–C–C–N with tert-alkyl or cyclic N) is 1. The van der Waals surface area contributed by atoms with Gasteiger partial charge in [-0.25, -0.2) is 4.39 Å². The molecular formula is C13H19FIN3O. The zero-order valence-electron chi connectivity index (χ0n) is 10.8. The van der Waals surface area contributed by atoms with E-state index in [0.29, 0.717) is 15.8 Å². The Morgan fingerprint density at radius 1 is 1.26 bits per heavy atom. The van der Waals surface area contributed by atoms with E-state index in [-0.39, 0.29) is 12.4 Å². The lowest BCUT2D eigenvalue weighted by molar-refractivity contribution is 0.204. The van der Waals surface area contributed by atoms with E-state index in [1.54, 1.807) is 6.07 Å². The summed E-state index contributed by atoms with van der Waals surface area (Å²) in [6.45, 7) is 4.39. The molecule has 0 bridgehead atoms. The van der Waals surface area contributed by atoms with E-state index in [9.17, 15) is 4.39 Å². The van der Waals surface area contributed by atoms with Crippen molar-refractivity contribution in [2.45, 2.75) is 6.42 Å². The number of hydrogen-bond donors (Lipinski definition) is 2. The first-order chi connectivity index (χ1) is 9.11. The Kier molecular flexibility index (Phi) is 5.23. The van der Waals surface area contributed by atoms with Crippen LogP contribution in [0.25, 0.3) is 0 Å². The van der Waals surface area contributed by atoms with Crippen molar-refractivity contribution in [2.75, 3.05) is 50.0 Å². The van der Waals surface area contributed by atoms with E-state index in [0.717, 1.165) is 38.3 Å². The number of hydrogen-bond acceptors (Lipinski definition) is 4. The fraction of sp³-hybridized carbons (Fsp3) is 0.538. The van der Waals surface area contributed by atoms with Gasteiger partial charge >= 0.3 is 0 Å². The van der Waals surface area contributed by atoms with E-state index in [1.807, 2.05) is 22.6 Å². The molecule has 0 aromatic heterocycles. The van der Waals surface area contributed by atoms with Crippen LogP contribution in [-0.2, 0) is 0 Å². The number of aliphatic hydroxyl groups excluding tert-OH is 1. The summed E-state index contributed by atoms with van der Waals surface area (Å²) < 4.78 is 14.2. The largest absolute Gasteiger partial charge is 0.397 e. The van der Waals surface area contributed by atoms with Crippen molar-refractivity contribution in [3.8, 4) is 0 Å². The highest BCUT2D eigenvalue weighted by Gasteiger charge is 2.17. The highest BCUT2D eigenvalue weighted by atomic mass is 127. The Morgan fingerprint density at radius 3 is 2.79 bits per heavy atom. The van der Waals surface area contributed by atoms with Crippen LogP contribution in [0.2, 0.25) is 0 Å². The molecule has 106 valence electrons. The summed E-state index contributed by atoms with van der Waals surface area (Å²) in [5, 5.41) is 8.98. The molecule has 1 fully saturated rings. The van der Waals surface area contributed by atoms with Crippen molar-refractivity contribution in [1.29, 1.82) is 0 Å². The van der Waals surface area contributed by atoms with Gasteiger partial charge in [-0.3, -0.25) is 4.90 Å². The quantitative estimate of drug-likeness (QED) is 0.618. The summed E-state index contributed by atoms with van der Waals surface area (Å²) in [7, 11) is 0. The van der Waals surface area contributed by atoms with Gasteiger partial charge in [0.1, 0.15) is 5.82 Å². The Balaban J connectivity index is 2.12. The fourth-order valence-corrected chi connectivity index (χ4v) is 2.89. The lowest BCUT2D eigenvalue weighted by Gasteiger charge is -2.25. The van der Waals surface area contributed by atoms with Gasteiger partial charge in [0.25, 0.3) is 0 Å². The first-order valence-corrected chi connectivity index (χ1v) is 7.52. The van der Waals surface area contributed by atoms with Crippen molar-refractivity contribution in [2.24, 2.45) is 0 Å². The van der Waals surface area contributed by atoms with Crippen LogP contribution >= 0.6 is 22.6 Å². The maximum Gasteiger partial charge on any atom is 0.138 e. The van der Waals surface area contributed by atoms with E-state index >= 15 is 0 Å². The monoisotopic (exact) mass is 379 g/mol. The van der Waals surface area contributed by atoms with Gasteiger partial charge in [0.15, 0.2) is 0 Å². The molecule has 2 rings (SSSR count). The fourth-order valence-electron chi connectivity index (χ4n) is 2.40. The molecule has 1 aliphatic rings. The Hall–Kier alpha value is -0.600. The molecule has 1 heterocycles. The third-order valence-corrected chi connectivity index (χ3v) is 4.24. The van der Waals surface area contributed by atoms with Crippen molar-refractivity contribution in [3.63, 3.8) is 0 Å².